The van der Waals surface area contributed by atoms with Crippen LogP contribution in [0.1, 0.15) is 38.5 Å². The second-order valence-electron chi connectivity index (χ2n) is 4.56. The van der Waals surface area contributed by atoms with Crippen LogP contribution in [0.15, 0.2) is 0 Å². The lowest BCUT2D eigenvalue weighted by molar-refractivity contribution is 0.212. The van der Waals surface area contributed by atoms with Crippen molar-refractivity contribution < 1.29 is 0 Å². The van der Waals surface area contributed by atoms with Crippen LogP contribution in [0.25, 0.3) is 0 Å². The first kappa shape index (κ1) is 12.5. The lowest BCUT2D eigenvalue weighted by Crippen LogP contribution is -2.41. The summed E-state index contributed by atoms with van der Waals surface area (Å²) in [6.07, 6.45) is 8.09. The van der Waals surface area contributed by atoms with E-state index in [9.17, 15) is 0 Å². The minimum atomic E-state index is -0.0294. The maximum absolute atomic E-state index is 8.89. The van der Waals surface area contributed by atoms with E-state index in [1.54, 1.807) is 0 Å². The first-order chi connectivity index (χ1) is 7.27. The van der Waals surface area contributed by atoms with E-state index in [1.807, 2.05) is 7.05 Å². The number of likely N-dealkylation sites (N-methyl/N-ethyl adjacent to an activating group) is 2. The predicted molar refractivity (Wildman–Crippen MR) is 62.6 cm³/mol. The van der Waals surface area contributed by atoms with Gasteiger partial charge in [0.15, 0.2) is 0 Å². The molecular formula is C12H23N3. The number of nitrogens with zero attached hydrogens (tertiary/aromatic N) is 2. The molecule has 1 fully saturated rings. The van der Waals surface area contributed by atoms with Crippen molar-refractivity contribution in [3.05, 3.63) is 0 Å². The fourth-order valence-electron chi connectivity index (χ4n) is 2.33. The topological polar surface area (TPSA) is 39.1 Å². The highest BCUT2D eigenvalue weighted by atomic mass is 15.1. The Balaban J connectivity index is 2.37. The van der Waals surface area contributed by atoms with Crippen LogP contribution < -0.4 is 5.32 Å². The van der Waals surface area contributed by atoms with Gasteiger partial charge in [-0.2, -0.15) is 5.26 Å². The summed E-state index contributed by atoms with van der Waals surface area (Å²) in [7, 11) is 4.01. The molecule has 1 saturated carbocycles. The third kappa shape index (κ3) is 4.19. The van der Waals surface area contributed by atoms with E-state index in [0.29, 0.717) is 6.04 Å². The third-order valence-corrected chi connectivity index (χ3v) is 3.42. The Morgan fingerprint density at radius 1 is 1.33 bits per heavy atom. The van der Waals surface area contributed by atoms with Gasteiger partial charge < -0.3 is 10.2 Å². The Hall–Kier alpha value is -0.590. The highest BCUT2D eigenvalue weighted by Crippen LogP contribution is 2.20. The van der Waals surface area contributed by atoms with Gasteiger partial charge in [-0.25, -0.2) is 0 Å². The molecule has 0 saturated heterocycles. The van der Waals surface area contributed by atoms with Crippen molar-refractivity contribution in [2.75, 3.05) is 20.6 Å². The lowest BCUT2D eigenvalue weighted by atomic mass is 10.1. The fraction of sp³-hybridized carbons (Fsp3) is 0.917. The SMILES string of the molecule is CNC(C#N)CN(C)C1CCCCCC1. The van der Waals surface area contributed by atoms with Gasteiger partial charge in [0.1, 0.15) is 6.04 Å². The Bertz CT molecular complexity index is 201. The molecule has 0 aliphatic heterocycles. The first-order valence-corrected chi connectivity index (χ1v) is 6.05. The molecule has 3 heteroatoms. The molecule has 1 aliphatic carbocycles. The molecule has 0 heterocycles. The van der Waals surface area contributed by atoms with Crippen molar-refractivity contribution in [1.82, 2.24) is 10.2 Å². The third-order valence-electron chi connectivity index (χ3n) is 3.42. The molecule has 1 N–H and O–H groups in total. The molecule has 1 unspecified atom stereocenters. The summed E-state index contributed by atoms with van der Waals surface area (Å²) >= 11 is 0. The smallest absolute Gasteiger partial charge is 0.108 e. The van der Waals surface area contributed by atoms with Gasteiger partial charge in [-0.1, -0.05) is 25.7 Å². The fourth-order valence-corrected chi connectivity index (χ4v) is 2.33. The Kier molecular flexibility index (Phi) is 5.67. The molecule has 0 amide bonds. The van der Waals surface area contributed by atoms with Gasteiger partial charge in [0.2, 0.25) is 0 Å². The minimum Gasteiger partial charge on any atom is -0.304 e. The van der Waals surface area contributed by atoms with Gasteiger partial charge in [0.25, 0.3) is 0 Å². The van der Waals surface area contributed by atoms with Crippen molar-refractivity contribution in [1.29, 1.82) is 5.26 Å². The summed E-state index contributed by atoms with van der Waals surface area (Å²) in [5, 5.41) is 11.9. The van der Waals surface area contributed by atoms with Crippen LogP contribution in [0.4, 0.5) is 0 Å². The van der Waals surface area contributed by atoms with Crippen molar-refractivity contribution in [2.24, 2.45) is 0 Å². The largest absolute Gasteiger partial charge is 0.304 e. The minimum absolute atomic E-state index is 0.0294. The second-order valence-corrected chi connectivity index (χ2v) is 4.56. The van der Waals surface area contributed by atoms with Crippen molar-refractivity contribution >= 4 is 0 Å². The van der Waals surface area contributed by atoms with E-state index in [-0.39, 0.29) is 6.04 Å². The van der Waals surface area contributed by atoms with E-state index >= 15 is 0 Å². The molecule has 0 aromatic rings. The van der Waals surface area contributed by atoms with Crippen molar-refractivity contribution in [3.8, 4) is 6.07 Å². The molecule has 0 spiro atoms. The van der Waals surface area contributed by atoms with Crippen LogP contribution in [0.2, 0.25) is 0 Å². The standard InChI is InChI=1S/C12H23N3/c1-14-11(9-13)10-15(2)12-7-5-3-4-6-8-12/h11-12,14H,3-8,10H2,1-2H3. The normalized spacial score (nSPS) is 20.9. The van der Waals surface area contributed by atoms with Gasteiger partial charge in [-0.05, 0) is 26.9 Å². The van der Waals surface area contributed by atoms with Crippen LogP contribution >= 0.6 is 0 Å². The highest BCUT2D eigenvalue weighted by Gasteiger charge is 2.18. The van der Waals surface area contributed by atoms with Gasteiger partial charge in [-0.3, -0.25) is 0 Å². The number of rotatable bonds is 4. The van der Waals surface area contributed by atoms with Gasteiger partial charge in [-0.15, -0.1) is 0 Å². The summed E-state index contributed by atoms with van der Waals surface area (Å²) in [4.78, 5) is 2.36. The molecule has 0 radical (unpaired) electrons. The van der Waals surface area contributed by atoms with Crippen LogP contribution in [0.3, 0.4) is 0 Å². The highest BCUT2D eigenvalue weighted by molar-refractivity contribution is 4.91. The molecule has 0 aromatic heterocycles. The van der Waals surface area contributed by atoms with E-state index in [4.69, 9.17) is 5.26 Å². The van der Waals surface area contributed by atoms with Crippen molar-refractivity contribution in [3.63, 3.8) is 0 Å². The Morgan fingerprint density at radius 2 is 1.93 bits per heavy atom. The predicted octanol–water partition coefficient (Wildman–Crippen LogP) is 1.75. The molecule has 0 aromatic carbocycles. The lowest BCUT2D eigenvalue weighted by Gasteiger charge is -2.28. The van der Waals surface area contributed by atoms with Crippen molar-refractivity contribution in [2.45, 2.75) is 50.6 Å². The molecular weight excluding hydrogens is 186 g/mol. The average Bonchev–Trinajstić information content (AvgIpc) is 2.54. The average molecular weight is 209 g/mol. The molecule has 1 aliphatic rings. The number of hydrogen-bond donors (Lipinski definition) is 1. The zero-order chi connectivity index (χ0) is 11.1. The summed E-state index contributed by atoms with van der Waals surface area (Å²) in [6, 6.07) is 2.95. The first-order valence-electron chi connectivity index (χ1n) is 6.05. The van der Waals surface area contributed by atoms with Gasteiger partial charge in [0, 0.05) is 12.6 Å². The Labute approximate surface area is 93.5 Å². The monoisotopic (exact) mass is 209 g/mol. The Morgan fingerprint density at radius 3 is 2.40 bits per heavy atom. The van der Waals surface area contributed by atoms with Gasteiger partial charge in [0.05, 0.1) is 6.07 Å². The van der Waals surface area contributed by atoms with E-state index in [2.05, 4.69) is 23.3 Å². The van der Waals surface area contributed by atoms with Crippen LogP contribution in [-0.4, -0.2) is 37.6 Å². The maximum atomic E-state index is 8.89. The zero-order valence-electron chi connectivity index (χ0n) is 10.00. The second kappa shape index (κ2) is 6.81. The summed E-state index contributed by atoms with van der Waals surface area (Å²) in [5.41, 5.74) is 0. The van der Waals surface area contributed by atoms with Gasteiger partial charge >= 0.3 is 0 Å². The van der Waals surface area contributed by atoms with E-state index in [1.165, 1.54) is 38.5 Å². The molecule has 86 valence electrons. The molecule has 15 heavy (non-hydrogen) atoms. The quantitative estimate of drug-likeness (QED) is 0.717. The van der Waals surface area contributed by atoms with Crippen LogP contribution in [-0.2, 0) is 0 Å². The zero-order valence-corrected chi connectivity index (χ0v) is 10.00. The summed E-state index contributed by atoms with van der Waals surface area (Å²) in [6.45, 7) is 0.845. The molecule has 3 nitrogen and oxygen atoms in total. The van der Waals surface area contributed by atoms with E-state index < -0.39 is 0 Å². The maximum Gasteiger partial charge on any atom is 0.108 e. The summed E-state index contributed by atoms with van der Waals surface area (Å²) in [5.74, 6) is 0. The van der Waals surface area contributed by atoms with E-state index in [0.717, 1.165) is 6.54 Å². The van der Waals surface area contributed by atoms with Crippen LogP contribution in [0.5, 0.6) is 0 Å². The summed E-state index contributed by atoms with van der Waals surface area (Å²) < 4.78 is 0. The van der Waals surface area contributed by atoms with Crippen LogP contribution in [0, 0.1) is 11.3 Å². The number of hydrogen-bond acceptors (Lipinski definition) is 3. The molecule has 1 atom stereocenters. The number of nitrogens with one attached hydrogen (secondary N) is 1. The molecule has 1 rings (SSSR count). The molecule has 0 bridgehead atoms. The number of nitriles is 1.